The van der Waals surface area contributed by atoms with Crippen LogP contribution in [0.3, 0.4) is 0 Å². The summed E-state index contributed by atoms with van der Waals surface area (Å²) in [6.45, 7) is 6.02. The first-order valence-corrected chi connectivity index (χ1v) is 9.45. The van der Waals surface area contributed by atoms with Crippen molar-refractivity contribution in [3.8, 4) is 0 Å². The molecule has 2 rings (SSSR count). The second kappa shape index (κ2) is 9.90. The standard InChI is InChI=1S/C21H24ClN3O3/c1-4-23-19(26)14-8-7-9-15(12-14)24-21(28)18(13(2)3)25-20(27)16-10-5-6-11-17(16)22/h5-13,18H,4H2,1-3H3,(H,23,26)(H,24,28)(H,25,27). The van der Waals surface area contributed by atoms with E-state index in [0.717, 1.165) is 0 Å². The predicted octanol–water partition coefficient (Wildman–Crippen LogP) is 3.48. The number of hydrogen-bond donors (Lipinski definition) is 3. The molecule has 0 aliphatic heterocycles. The lowest BCUT2D eigenvalue weighted by molar-refractivity contribution is -0.118. The van der Waals surface area contributed by atoms with Crippen LogP contribution in [0.5, 0.6) is 0 Å². The highest BCUT2D eigenvalue weighted by atomic mass is 35.5. The van der Waals surface area contributed by atoms with Crippen molar-refractivity contribution in [1.82, 2.24) is 10.6 Å². The normalized spacial score (nSPS) is 11.6. The van der Waals surface area contributed by atoms with E-state index in [4.69, 9.17) is 11.6 Å². The van der Waals surface area contributed by atoms with E-state index >= 15 is 0 Å². The summed E-state index contributed by atoms with van der Waals surface area (Å²) in [5.41, 5.74) is 1.23. The van der Waals surface area contributed by atoms with Crippen molar-refractivity contribution in [2.45, 2.75) is 26.8 Å². The first-order chi connectivity index (χ1) is 13.3. The SMILES string of the molecule is CCNC(=O)c1cccc(NC(=O)C(NC(=O)c2ccccc2Cl)C(C)C)c1. The van der Waals surface area contributed by atoms with Gasteiger partial charge >= 0.3 is 0 Å². The lowest BCUT2D eigenvalue weighted by atomic mass is 10.0. The van der Waals surface area contributed by atoms with E-state index in [1.807, 2.05) is 20.8 Å². The van der Waals surface area contributed by atoms with E-state index in [-0.39, 0.29) is 17.7 Å². The number of rotatable bonds is 7. The zero-order valence-electron chi connectivity index (χ0n) is 16.1. The van der Waals surface area contributed by atoms with Crippen molar-refractivity contribution in [3.63, 3.8) is 0 Å². The van der Waals surface area contributed by atoms with Gasteiger partial charge in [-0.25, -0.2) is 0 Å². The minimum Gasteiger partial charge on any atom is -0.352 e. The van der Waals surface area contributed by atoms with Gasteiger partial charge in [0, 0.05) is 17.8 Å². The first kappa shape index (κ1) is 21.4. The fourth-order valence-corrected chi connectivity index (χ4v) is 2.84. The van der Waals surface area contributed by atoms with Crippen LogP contribution >= 0.6 is 11.6 Å². The van der Waals surface area contributed by atoms with E-state index in [2.05, 4.69) is 16.0 Å². The molecule has 28 heavy (non-hydrogen) atoms. The third-order valence-electron chi connectivity index (χ3n) is 4.08. The van der Waals surface area contributed by atoms with Crippen LogP contribution in [0.25, 0.3) is 0 Å². The van der Waals surface area contributed by atoms with Crippen molar-refractivity contribution in [1.29, 1.82) is 0 Å². The van der Waals surface area contributed by atoms with E-state index in [1.54, 1.807) is 48.5 Å². The Hall–Kier alpha value is -2.86. The molecule has 0 heterocycles. The second-order valence-electron chi connectivity index (χ2n) is 6.60. The lowest BCUT2D eigenvalue weighted by Crippen LogP contribution is -2.47. The van der Waals surface area contributed by atoms with Gasteiger partial charge in [-0.1, -0.05) is 43.6 Å². The van der Waals surface area contributed by atoms with Gasteiger partial charge in [-0.15, -0.1) is 0 Å². The molecule has 0 bridgehead atoms. The van der Waals surface area contributed by atoms with Gasteiger partial charge in [0.2, 0.25) is 5.91 Å². The molecule has 148 valence electrons. The Morgan fingerprint density at radius 3 is 2.36 bits per heavy atom. The maximum atomic E-state index is 12.8. The summed E-state index contributed by atoms with van der Waals surface area (Å²) in [7, 11) is 0. The van der Waals surface area contributed by atoms with Crippen molar-refractivity contribution < 1.29 is 14.4 Å². The van der Waals surface area contributed by atoms with Crippen molar-refractivity contribution in [3.05, 3.63) is 64.7 Å². The molecule has 0 saturated carbocycles. The van der Waals surface area contributed by atoms with Crippen LogP contribution in [0.2, 0.25) is 5.02 Å². The second-order valence-corrected chi connectivity index (χ2v) is 7.01. The number of benzene rings is 2. The molecule has 0 aliphatic rings. The average molecular weight is 402 g/mol. The van der Waals surface area contributed by atoms with E-state index in [9.17, 15) is 14.4 Å². The summed E-state index contributed by atoms with van der Waals surface area (Å²) in [4.78, 5) is 37.2. The summed E-state index contributed by atoms with van der Waals surface area (Å²) in [5.74, 6) is -1.16. The molecule has 0 saturated heterocycles. The van der Waals surface area contributed by atoms with Gasteiger partial charge in [0.1, 0.15) is 6.04 Å². The number of carbonyl (C=O) groups is 3. The summed E-state index contributed by atoms with van der Waals surface area (Å²) >= 11 is 6.06. The van der Waals surface area contributed by atoms with Gasteiger partial charge in [-0.2, -0.15) is 0 Å². The summed E-state index contributed by atoms with van der Waals surface area (Å²) in [6.07, 6.45) is 0. The van der Waals surface area contributed by atoms with Crippen LogP contribution in [0, 0.1) is 5.92 Å². The highest BCUT2D eigenvalue weighted by Crippen LogP contribution is 2.17. The smallest absolute Gasteiger partial charge is 0.253 e. The summed E-state index contributed by atoms with van der Waals surface area (Å²) in [6, 6.07) is 12.5. The van der Waals surface area contributed by atoms with Crippen LogP contribution in [0.4, 0.5) is 5.69 Å². The van der Waals surface area contributed by atoms with Crippen LogP contribution < -0.4 is 16.0 Å². The number of anilines is 1. The number of hydrogen-bond acceptors (Lipinski definition) is 3. The molecule has 6 nitrogen and oxygen atoms in total. The molecule has 1 unspecified atom stereocenters. The number of amides is 3. The first-order valence-electron chi connectivity index (χ1n) is 9.08. The maximum absolute atomic E-state index is 12.8. The molecular weight excluding hydrogens is 378 g/mol. The van der Waals surface area contributed by atoms with Gasteiger partial charge in [0.25, 0.3) is 11.8 Å². The number of halogens is 1. The largest absolute Gasteiger partial charge is 0.352 e. The van der Waals surface area contributed by atoms with Crippen LogP contribution in [-0.4, -0.2) is 30.3 Å². The average Bonchev–Trinajstić information content (AvgIpc) is 2.66. The maximum Gasteiger partial charge on any atom is 0.253 e. The number of carbonyl (C=O) groups excluding carboxylic acids is 3. The van der Waals surface area contributed by atoms with Gasteiger partial charge in [0.15, 0.2) is 0 Å². The Balaban J connectivity index is 2.13. The number of nitrogens with one attached hydrogen (secondary N) is 3. The highest BCUT2D eigenvalue weighted by Gasteiger charge is 2.25. The Kier molecular flexibility index (Phi) is 7.58. The zero-order valence-corrected chi connectivity index (χ0v) is 16.8. The Morgan fingerprint density at radius 1 is 1.00 bits per heavy atom. The molecule has 1 atom stereocenters. The monoisotopic (exact) mass is 401 g/mol. The topological polar surface area (TPSA) is 87.3 Å². The Morgan fingerprint density at radius 2 is 1.71 bits per heavy atom. The van der Waals surface area contributed by atoms with E-state index in [1.165, 1.54) is 0 Å². The van der Waals surface area contributed by atoms with Crippen LogP contribution in [-0.2, 0) is 4.79 Å². The van der Waals surface area contributed by atoms with Crippen molar-refractivity contribution in [2.24, 2.45) is 5.92 Å². The summed E-state index contributed by atoms with van der Waals surface area (Å²) < 4.78 is 0. The molecule has 0 radical (unpaired) electrons. The molecule has 2 aromatic rings. The third kappa shape index (κ3) is 5.57. The third-order valence-corrected chi connectivity index (χ3v) is 4.41. The van der Waals surface area contributed by atoms with Crippen molar-refractivity contribution >= 4 is 35.0 Å². The van der Waals surface area contributed by atoms with Gasteiger partial charge in [-0.3, -0.25) is 14.4 Å². The quantitative estimate of drug-likeness (QED) is 0.663. The van der Waals surface area contributed by atoms with Crippen LogP contribution in [0.1, 0.15) is 41.5 Å². The van der Waals surface area contributed by atoms with Gasteiger partial charge in [0.05, 0.1) is 10.6 Å². The fraction of sp³-hybridized carbons (Fsp3) is 0.286. The fourth-order valence-electron chi connectivity index (χ4n) is 2.62. The van der Waals surface area contributed by atoms with Gasteiger partial charge in [-0.05, 0) is 43.2 Å². The molecule has 0 spiro atoms. The summed E-state index contributed by atoms with van der Waals surface area (Å²) in [5, 5.41) is 8.53. The molecule has 3 N–H and O–H groups in total. The molecular formula is C21H24ClN3O3. The highest BCUT2D eigenvalue weighted by molar-refractivity contribution is 6.33. The van der Waals surface area contributed by atoms with Crippen LogP contribution in [0.15, 0.2) is 48.5 Å². The molecule has 2 aromatic carbocycles. The zero-order chi connectivity index (χ0) is 20.7. The molecule has 3 amide bonds. The Labute approximate surface area is 169 Å². The van der Waals surface area contributed by atoms with Crippen molar-refractivity contribution in [2.75, 3.05) is 11.9 Å². The Bertz CT molecular complexity index is 867. The molecule has 0 aliphatic carbocycles. The molecule has 7 heteroatoms. The lowest BCUT2D eigenvalue weighted by Gasteiger charge is -2.22. The van der Waals surface area contributed by atoms with E-state index < -0.39 is 11.9 Å². The van der Waals surface area contributed by atoms with Gasteiger partial charge < -0.3 is 16.0 Å². The minimum atomic E-state index is -0.767. The van der Waals surface area contributed by atoms with E-state index in [0.29, 0.717) is 28.4 Å². The molecule has 0 aromatic heterocycles. The predicted molar refractivity (Wildman–Crippen MR) is 111 cm³/mol. The minimum absolute atomic E-state index is 0.155. The molecule has 0 fully saturated rings.